The molecule has 1 heterocycles. The molecule has 4 aromatic carbocycles. The van der Waals surface area contributed by atoms with Crippen LogP contribution in [0.3, 0.4) is 0 Å². The molecule has 3 N–H and O–H groups in total. The van der Waals surface area contributed by atoms with E-state index in [0.29, 0.717) is 13.1 Å². The minimum Gasteiger partial charge on any atom is -0.392 e. The molecule has 2 amide bonds. The smallest absolute Gasteiger partial charge is 0.315 e. The Labute approximate surface area is 260 Å². The van der Waals surface area contributed by atoms with Gasteiger partial charge in [-0.2, -0.15) is 0 Å². The van der Waals surface area contributed by atoms with Gasteiger partial charge in [0, 0.05) is 37.7 Å². The lowest BCUT2D eigenvalue weighted by Gasteiger charge is -2.39. The molecule has 1 aliphatic rings. The summed E-state index contributed by atoms with van der Waals surface area (Å²) < 4.78 is 13.3. The summed E-state index contributed by atoms with van der Waals surface area (Å²) in [6.07, 6.45) is -0.0282. The van der Waals surface area contributed by atoms with Gasteiger partial charge in [0.05, 0.1) is 18.8 Å². The van der Waals surface area contributed by atoms with Gasteiger partial charge < -0.3 is 25.2 Å². The minimum absolute atomic E-state index is 0.0122. The molecule has 1 saturated heterocycles. The number of likely N-dealkylation sites (N-methyl/N-ethyl adjacent to an activating group) is 1. The minimum atomic E-state index is -0.542. The summed E-state index contributed by atoms with van der Waals surface area (Å²) in [5, 5.41) is 15.2. The summed E-state index contributed by atoms with van der Waals surface area (Å²) in [4.78, 5) is 14.2. The van der Waals surface area contributed by atoms with E-state index in [1.165, 1.54) is 5.56 Å². The number of benzene rings is 4. The molecule has 44 heavy (non-hydrogen) atoms. The third-order valence-corrected chi connectivity index (χ3v) is 8.26. The van der Waals surface area contributed by atoms with Crippen LogP contribution in [0.25, 0.3) is 11.1 Å². The highest BCUT2D eigenvalue weighted by Gasteiger charge is 2.33. The summed E-state index contributed by atoms with van der Waals surface area (Å²) in [5.74, 6) is 0. The SMILES string of the molecule is CCNC(=O)NCc1cccc(-c2cccc(C3OC(CN(C)C(C)c4ccccc4)CC(c4ccc(CO)cc4)O3)c2)c1. The number of hydrogen-bond donors (Lipinski definition) is 3. The van der Waals surface area contributed by atoms with Gasteiger partial charge in [0.25, 0.3) is 0 Å². The summed E-state index contributed by atoms with van der Waals surface area (Å²) in [6, 6.07) is 35.1. The molecule has 7 nitrogen and oxygen atoms in total. The highest BCUT2D eigenvalue weighted by atomic mass is 16.7. The summed E-state index contributed by atoms with van der Waals surface area (Å²) in [6.45, 7) is 5.91. The zero-order valence-corrected chi connectivity index (χ0v) is 25.8. The third-order valence-electron chi connectivity index (χ3n) is 8.26. The van der Waals surface area contributed by atoms with Crippen LogP contribution in [0.2, 0.25) is 0 Å². The van der Waals surface area contributed by atoms with E-state index < -0.39 is 6.29 Å². The van der Waals surface area contributed by atoms with Crippen molar-refractivity contribution in [2.75, 3.05) is 20.1 Å². The topological polar surface area (TPSA) is 83.1 Å². The first-order chi connectivity index (χ1) is 21.4. The van der Waals surface area contributed by atoms with Gasteiger partial charge in [-0.05, 0) is 66.4 Å². The molecular weight excluding hydrogens is 550 g/mol. The zero-order valence-electron chi connectivity index (χ0n) is 25.8. The monoisotopic (exact) mass is 593 g/mol. The number of aliphatic hydroxyl groups excluding tert-OH is 1. The van der Waals surface area contributed by atoms with E-state index in [1.807, 2.05) is 55.5 Å². The molecule has 4 atom stereocenters. The quantitative estimate of drug-likeness (QED) is 0.176. The van der Waals surface area contributed by atoms with Crippen LogP contribution in [0.15, 0.2) is 103 Å². The van der Waals surface area contributed by atoms with E-state index in [4.69, 9.17) is 9.47 Å². The number of nitrogens with zero attached hydrogens (tertiary/aromatic N) is 1. The van der Waals surface area contributed by atoms with Crippen LogP contribution in [0.5, 0.6) is 0 Å². The molecule has 5 rings (SSSR count). The van der Waals surface area contributed by atoms with Crippen molar-refractivity contribution in [2.45, 2.75) is 58.0 Å². The number of amides is 2. The highest BCUT2D eigenvalue weighted by molar-refractivity contribution is 5.74. The van der Waals surface area contributed by atoms with Crippen molar-refractivity contribution in [3.8, 4) is 11.1 Å². The fourth-order valence-electron chi connectivity index (χ4n) is 5.63. The Bertz CT molecular complexity index is 1490. The predicted octanol–water partition coefficient (Wildman–Crippen LogP) is 6.90. The molecule has 0 saturated carbocycles. The maximum absolute atomic E-state index is 11.9. The lowest BCUT2D eigenvalue weighted by Crippen LogP contribution is -2.38. The normalized spacial score (nSPS) is 19.0. The van der Waals surface area contributed by atoms with Crippen molar-refractivity contribution in [3.63, 3.8) is 0 Å². The second-order valence-corrected chi connectivity index (χ2v) is 11.4. The van der Waals surface area contributed by atoms with Crippen molar-refractivity contribution < 1.29 is 19.4 Å². The molecule has 4 aromatic rings. The fraction of sp³-hybridized carbons (Fsp3) is 0.324. The van der Waals surface area contributed by atoms with Crippen LogP contribution in [0, 0.1) is 0 Å². The van der Waals surface area contributed by atoms with E-state index in [9.17, 15) is 9.90 Å². The number of carbonyl (C=O) groups excluding carboxylic acids is 1. The van der Waals surface area contributed by atoms with Gasteiger partial charge in [-0.1, -0.05) is 91.0 Å². The molecule has 1 fully saturated rings. The average Bonchev–Trinajstić information content (AvgIpc) is 3.07. The van der Waals surface area contributed by atoms with Crippen molar-refractivity contribution >= 4 is 6.03 Å². The Morgan fingerprint density at radius 3 is 2.32 bits per heavy atom. The lowest BCUT2D eigenvalue weighted by molar-refractivity contribution is -0.253. The molecule has 0 spiro atoms. The van der Waals surface area contributed by atoms with E-state index in [0.717, 1.165) is 46.3 Å². The van der Waals surface area contributed by atoms with Crippen LogP contribution < -0.4 is 10.6 Å². The average molecular weight is 594 g/mol. The highest BCUT2D eigenvalue weighted by Crippen LogP contribution is 2.39. The van der Waals surface area contributed by atoms with Gasteiger partial charge in [-0.25, -0.2) is 4.79 Å². The number of rotatable bonds is 11. The standard InChI is InChI=1S/C37H43N3O4/c1-4-38-37(42)39-23-28-10-8-13-31(20-28)32-14-9-15-33(21-32)36-43-34(24-40(3)26(2)29-11-6-5-7-12-29)22-35(44-36)30-18-16-27(25-41)17-19-30/h5-21,26,34-36,41H,4,22-25H2,1-3H3,(H2,38,39,42). The van der Waals surface area contributed by atoms with Crippen molar-refractivity contribution in [2.24, 2.45) is 0 Å². The van der Waals surface area contributed by atoms with Crippen molar-refractivity contribution in [3.05, 3.63) is 131 Å². The van der Waals surface area contributed by atoms with Crippen LogP contribution in [-0.2, 0) is 22.6 Å². The maximum Gasteiger partial charge on any atom is 0.315 e. The van der Waals surface area contributed by atoms with Gasteiger partial charge in [0.1, 0.15) is 0 Å². The number of urea groups is 1. The second kappa shape index (κ2) is 15.1. The maximum atomic E-state index is 11.9. The zero-order chi connectivity index (χ0) is 30.9. The molecule has 230 valence electrons. The largest absolute Gasteiger partial charge is 0.392 e. The third kappa shape index (κ3) is 8.12. The first kappa shape index (κ1) is 31.4. The molecular formula is C37H43N3O4. The number of ether oxygens (including phenoxy) is 2. The Morgan fingerprint density at radius 2 is 1.59 bits per heavy atom. The Kier molecular flexibility index (Phi) is 10.8. The van der Waals surface area contributed by atoms with Crippen LogP contribution in [0.1, 0.15) is 66.5 Å². The first-order valence-electron chi connectivity index (χ1n) is 15.4. The van der Waals surface area contributed by atoms with Crippen molar-refractivity contribution in [1.82, 2.24) is 15.5 Å². The van der Waals surface area contributed by atoms with Crippen LogP contribution in [-0.4, -0.2) is 42.3 Å². The molecule has 1 aliphatic heterocycles. The van der Waals surface area contributed by atoms with Crippen LogP contribution in [0.4, 0.5) is 4.79 Å². The molecule has 4 unspecified atom stereocenters. The van der Waals surface area contributed by atoms with Gasteiger partial charge >= 0.3 is 6.03 Å². The summed E-state index contributed by atoms with van der Waals surface area (Å²) in [7, 11) is 2.14. The Hall–Kier alpha value is -4.01. The van der Waals surface area contributed by atoms with Crippen molar-refractivity contribution in [1.29, 1.82) is 0 Å². The van der Waals surface area contributed by atoms with Gasteiger partial charge in [-0.15, -0.1) is 0 Å². The Balaban J connectivity index is 1.37. The first-order valence-corrected chi connectivity index (χ1v) is 15.4. The second-order valence-electron chi connectivity index (χ2n) is 11.4. The molecule has 0 radical (unpaired) electrons. The molecule has 0 bridgehead atoms. The van der Waals surface area contributed by atoms with Crippen LogP contribution >= 0.6 is 0 Å². The van der Waals surface area contributed by atoms with E-state index in [-0.39, 0.29) is 30.9 Å². The molecule has 0 aliphatic carbocycles. The van der Waals surface area contributed by atoms with Gasteiger partial charge in [-0.3, -0.25) is 4.90 Å². The fourth-order valence-corrected chi connectivity index (χ4v) is 5.63. The molecule has 0 aromatic heterocycles. The number of hydrogen-bond acceptors (Lipinski definition) is 5. The van der Waals surface area contributed by atoms with E-state index in [1.54, 1.807) is 0 Å². The summed E-state index contributed by atoms with van der Waals surface area (Å²) >= 11 is 0. The lowest BCUT2D eigenvalue weighted by atomic mass is 9.98. The van der Waals surface area contributed by atoms with E-state index in [2.05, 4.69) is 84.1 Å². The van der Waals surface area contributed by atoms with E-state index >= 15 is 0 Å². The predicted molar refractivity (Wildman–Crippen MR) is 174 cm³/mol. The van der Waals surface area contributed by atoms with Gasteiger partial charge in [0.2, 0.25) is 0 Å². The van der Waals surface area contributed by atoms with Gasteiger partial charge in [0.15, 0.2) is 6.29 Å². The Morgan fingerprint density at radius 1 is 0.864 bits per heavy atom. The number of nitrogens with one attached hydrogen (secondary N) is 2. The summed E-state index contributed by atoms with van der Waals surface area (Å²) in [5.41, 5.74) is 7.30. The molecule has 7 heteroatoms. The number of carbonyl (C=O) groups is 1. The number of aliphatic hydroxyl groups is 1.